The van der Waals surface area contributed by atoms with E-state index in [-0.39, 0.29) is 11.9 Å². The number of amides is 1. The summed E-state index contributed by atoms with van der Waals surface area (Å²) in [4.78, 5) is 12.0. The maximum absolute atomic E-state index is 12.0. The topological polar surface area (TPSA) is 68.0 Å². The molecule has 1 N–H and O–H groups in total. The molecule has 1 aliphatic rings. The van der Waals surface area contributed by atoms with Crippen molar-refractivity contribution in [3.63, 3.8) is 0 Å². The molecule has 0 spiro atoms. The Labute approximate surface area is 107 Å². The first-order valence-corrected chi connectivity index (χ1v) is 6.68. The molecule has 0 bridgehead atoms. The molecule has 100 valence electrons. The number of hydrogen-bond donors (Lipinski definition) is 1. The lowest BCUT2D eigenvalue weighted by atomic mass is 9.80. The van der Waals surface area contributed by atoms with Crippen molar-refractivity contribution in [3.8, 4) is 0 Å². The first-order valence-electron chi connectivity index (χ1n) is 6.68. The minimum absolute atomic E-state index is 0.181. The van der Waals surface area contributed by atoms with E-state index in [1.807, 2.05) is 0 Å². The van der Waals surface area contributed by atoms with Crippen LogP contribution in [0.4, 0.5) is 0 Å². The second kappa shape index (κ2) is 5.50. The second-order valence-corrected chi connectivity index (χ2v) is 5.48. The first kappa shape index (κ1) is 13.1. The molecule has 0 radical (unpaired) electrons. The van der Waals surface area contributed by atoms with E-state index in [2.05, 4.69) is 34.1 Å². The highest BCUT2D eigenvalue weighted by Gasteiger charge is 2.25. The molecule has 1 aromatic heterocycles. The summed E-state index contributed by atoms with van der Waals surface area (Å²) in [6.45, 7) is 6.09. The smallest absolute Gasteiger partial charge is 0.275 e. The van der Waals surface area contributed by atoms with Crippen LogP contribution < -0.4 is 5.32 Å². The zero-order valence-electron chi connectivity index (χ0n) is 11.3. The van der Waals surface area contributed by atoms with Crippen molar-refractivity contribution in [2.24, 2.45) is 11.8 Å². The summed E-state index contributed by atoms with van der Waals surface area (Å²) in [6, 6.07) is 0.182. The number of aromatic nitrogens is 2. The van der Waals surface area contributed by atoms with Gasteiger partial charge in [-0.2, -0.15) is 0 Å². The monoisotopic (exact) mass is 251 g/mol. The Morgan fingerprint density at radius 1 is 1.33 bits per heavy atom. The van der Waals surface area contributed by atoms with Crippen LogP contribution in [0.25, 0.3) is 0 Å². The SMILES string of the molecule is Cc1nonc1C(=O)N[C@H](C)C1CCC(C)CC1. The first-order chi connectivity index (χ1) is 8.58. The quantitative estimate of drug-likeness (QED) is 0.895. The van der Waals surface area contributed by atoms with Crippen LogP contribution in [0.5, 0.6) is 0 Å². The van der Waals surface area contributed by atoms with Crippen LogP contribution in [0.2, 0.25) is 0 Å². The maximum atomic E-state index is 12.0. The number of rotatable bonds is 3. The van der Waals surface area contributed by atoms with Crippen LogP contribution >= 0.6 is 0 Å². The van der Waals surface area contributed by atoms with Crippen LogP contribution in [0.15, 0.2) is 4.63 Å². The van der Waals surface area contributed by atoms with Gasteiger partial charge in [0, 0.05) is 6.04 Å². The third kappa shape index (κ3) is 2.89. The van der Waals surface area contributed by atoms with Gasteiger partial charge in [-0.3, -0.25) is 4.79 Å². The fourth-order valence-electron chi connectivity index (χ4n) is 2.62. The average molecular weight is 251 g/mol. The summed E-state index contributed by atoms with van der Waals surface area (Å²) in [6.07, 6.45) is 4.90. The summed E-state index contributed by atoms with van der Waals surface area (Å²) < 4.78 is 4.55. The van der Waals surface area contributed by atoms with E-state index in [0.29, 0.717) is 17.3 Å². The summed E-state index contributed by atoms with van der Waals surface area (Å²) in [5, 5.41) is 10.3. The molecule has 0 aliphatic heterocycles. The molecule has 1 aromatic rings. The standard InChI is InChI=1S/C13H21N3O2/c1-8-4-6-11(7-5-8)9(2)14-13(17)12-10(3)15-18-16-12/h8-9,11H,4-7H2,1-3H3,(H,14,17)/t8?,9-,11?/m1/s1. The van der Waals surface area contributed by atoms with E-state index >= 15 is 0 Å². The largest absolute Gasteiger partial charge is 0.348 e. The van der Waals surface area contributed by atoms with E-state index < -0.39 is 0 Å². The lowest BCUT2D eigenvalue weighted by Crippen LogP contribution is -2.39. The summed E-state index contributed by atoms with van der Waals surface area (Å²) >= 11 is 0. The zero-order chi connectivity index (χ0) is 13.1. The Morgan fingerprint density at radius 3 is 2.56 bits per heavy atom. The van der Waals surface area contributed by atoms with Gasteiger partial charge in [-0.15, -0.1) is 0 Å². The van der Waals surface area contributed by atoms with E-state index in [0.717, 1.165) is 5.92 Å². The van der Waals surface area contributed by atoms with Crippen molar-refractivity contribution in [3.05, 3.63) is 11.4 Å². The fraction of sp³-hybridized carbons (Fsp3) is 0.769. The minimum atomic E-state index is -0.181. The van der Waals surface area contributed by atoms with Crippen molar-refractivity contribution in [2.45, 2.75) is 52.5 Å². The fourth-order valence-corrected chi connectivity index (χ4v) is 2.62. The molecular formula is C13H21N3O2. The Kier molecular flexibility index (Phi) is 3.99. The Hall–Kier alpha value is -1.39. The number of carbonyl (C=O) groups excluding carboxylic acids is 1. The van der Waals surface area contributed by atoms with Crippen molar-refractivity contribution < 1.29 is 9.42 Å². The average Bonchev–Trinajstić information content (AvgIpc) is 2.76. The van der Waals surface area contributed by atoms with Crippen molar-refractivity contribution in [1.29, 1.82) is 0 Å². The van der Waals surface area contributed by atoms with Crippen LogP contribution in [-0.2, 0) is 0 Å². The van der Waals surface area contributed by atoms with Crippen molar-refractivity contribution in [1.82, 2.24) is 15.6 Å². The molecule has 0 unspecified atom stereocenters. The molecule has 1 atom stereocenters. The third-order valence-electron chi connectivity index (χ3n) is 3.99. The van der Waals surface area contributed by atoms with Gasteiger partial charge in [0.25, 0.3) is 5.91 Å². The van der Waals surface area contributed by atoms with Gasteiger partial charge < -0.3 is 5.32 Å². The van der Waals surface area contributed by atoms with Gasteiger partial charge in [0.2, 0.25) is 0 Å². The van der Waals surface area contributed by atoms with Gasteiger partial charge in [0.1, 0.15) is 5.69 Å². The van der Waals surface area contributed by atoms with E-state index in [9.17, 15) is 4.79 Å². The number of nitrogens with one attached hydrogen (secondary N) is 1. The Balaban J connectivity index is 1.89. The van der Waals surface area contributed by atoms with E-state index in [4.69, 9.17) is 0 Å². The number of carbonyl (C=O) groups is 1. The normalized spacial score (nSPS) is 25.7. The van der Waals surface area contributed by atoms with E-state index in [1.165, 1.54) is 25.7 Å². The molecule has 1 heterocycles. The summed E-state index contributed by atoms with van der Waals surface area (Å²) in [7, 11) is 0. The van der Waals surface area contributed by atoms with Gasteiger partial charge >= 0.3 is 0 Å². The zero-order valence-corrected chi connectivity index (χ0v) is 11.3. The molecule has 1 saturated carbocycles. The van der Waals surface area contributed by atoms with Crippen LogP contribution in [0, 0.1) is 18.8 Å². The third-order valence-corrected chi connectivity index (χ3v) is 3.99. The highest BCUT2D eigenvalue weighted by atomic mass is 16.6. The lowest BCUT2D eigenvalue weighted by Gasteiger charge is -2.31. The lowest BCUT2D eigenvalue weighted by molar-refractivity contribution is 0.0905. The molecule has 5 heteroatoms. The highest BCUT2D eigenvalue weighted by molar-refractivity contribution is 5.93. The summed E-state index contributed by atoms with van der Waals surface area (Å²) in [5.74, 6) is 1.22. The molecule has 0 aromatic carbocycles. The molecule has 1 amide bonds. The molecule has 1 aliphatic carbocycles. The number of nitrogens with zero attached hydrogens (tertiary/aromatic N) is 2. The van der Waals surface area contributed by atoms with Crippen LogP contribution in [-0.4, -0.2) is 22.3 Å². The molecule has 18 heavy (non-hydrogen) atoms. The van der Waals surface area contributed by atoms with Crippen molar-refractivity contribution in [2.75, 3.05) is 0 Å². The van der Waals surface area contributed by atoms with Gasteiger partial charge in [0.15, 0.2) is 5.69 Å². The number of aryl methyl sites for hydroxylation is 1. The second-order valence-electron chi connectivity index (χ2n) is 5.48. The molecule has 1 fully saturated rings. The predicted octanol–water partition coefficient (Wildman–Crippen LogP) is 2.32. The highest BCUT2D eigenvalue weighted by Crippen LogP contribution is 2.30. The van der Waals surface area contributed by atoms with Crippen LogP contribution in [0.1, 0.15) is 55.7 Å². The molecule has 5 nitrogen and oxygen atoms in total. The van der Waals surface area contributed by atoms with E-state index in [1.54, 1.807) is 6.92 Å². The van der Waals surface area contributed by atoms with Gasteiger partial charge in [0.05, 0.1) is 0 Å². The van der Waals surface area contributed by atoms with Crippen molar-refractivity contribution >= 4 is 5.91 Å². The predicted molar refractivity (Wildman–Crippen MR) is 67.1 cm³/mol. The number of hydrogen-bond acceptors (Lipinski definition) is 4. The van der Waals surface area contributed by atoms with Crippen LogP contribution in [0.3, 0.4) is 0 Å². The van der Waals surface area contributed by atoms with Gasteiger partial charge in [-0.05, 0) is 43.7 Å². The summed E-state index contributed by atoms with van der Waals surface area (Å²) in [5.41, 5.74) is 0.836. The molecule has 0 saturated heterocycles. The van der Waals surface area contributed by atoms with Gasteiger partial charge in [-0.1, -0.05) is 24.9 Å². The maximum Gasteiger partial charge on any atom is 0.275 e. The molecular weight excluding hydrogens is 230 g/mol. The minimum Gasteiger partial charge on any atom is -0.348 e. The molecule has 2 rings (SSSR count). The Bertz CT molecular complexity index is 408. The Morgan fingerprint density at radius 2 is 2.00 bits per heavy atom. The van der Waals surface area contributed by atoms with Gasteiger partial charge in [-0.25, -0.2) is 4.63 Å².